The van der Waals surface area contributed by atoms with E-state index in [4.69, 9.17) is 4.74 Å². The molecule has 0 spiro atoms. The number of benzene rings is 2. The number of allylic oxidation sites excluding steroid dienone is 1. The van der Waals surface area contributed by atoms with Gasteiger partial charge in [-0.05, 0) is 36.6 Å². The van der Waals surface area contributed by atoms with Crippen molar-refractivity contribution < 1.29 is 4.74 Å². The topological polar surface area (TPSA) is 12.5 Å². The lowest BCUT2D eigenvalue weighted by molar-refractivity contribution is 0.432. The Kier molecular flexibility index (Phi) is 3.05. The highest BCUT2D eigenvalue weighted by molar-refractivity contribution is 5.80. The first-order chi connectivity index (χ1) is 11.8. The van der Waals surface area contributed by atoms with E-state index in [1.165, 1.54) is 58.7 Å². The summed E-state index contributed by atoms with van der Waals surface area (Å²) in [5, 5.41) is 2.61. The van der Waals surface area contributed by atoms with Gasteiger partial charge in [-0.3, -0.25) is 0 Å². The van der Waals surface area contributed by atoms with E-state index in [1.54, 1.807) is 0 Å². The van der Waals surface area contributed by atoms with Crippen molar-refractivity contribution in [1.82, 2.24) is 0 Å². The van der Waals surface area contributed by atoms with Crippen molar-refractivity contribution in [3.63, 3.8) is 0 Å². The van der Waals surface area contributed by atoms with E-state index in [0.29, 0.717) is 5.92 Å². The van der Waals surface area contributed by atoms with Gasteiger partial charge in [0.15, 0.2) is 0 Å². The van der Waals surface area contributed by atoms with Gasteiger partial charge >= 0.3 is 0 Å². The minimum Gasteiger partial charge on any atom is -0.460 e. The van der Waals surface area contributed by atoms with Crippen LogP contribution in [0.3, 0.4) is 0 Å². The minimum absolute atomic E-state index is 0.549. The van der Waals surface area contributed by atoms with Crippen LogP contribution in [0.4, 0.5) is 5.69 Å². The average Bonchev–Trinajstić information content (AvgIpc) is 3.15. The molecular formula is C22H21NO. The molecule has 120 valence electrons. The lowest BCUT2D eigenvalue weighted by Gasteiger charge is -2.27. The quantitative estimate of drug-likeness (QED) is 0.794. The van der Waals surface area contributed by atoms with Crippen molar-refractivity contribution in [3.8, 4) is 16.9 Å². The molecule has 2 heteroatoms. The Morgan fingerprint density at radius 2 is 1.83 bits per heavy atom. The number of para-hydroxylation sites is 1. The lowest BCUT2D eigenvalue weighted by Crippen LogP contribution is -2.39. The zero-order valence-corrected chi connectivity index (χ0v) is 14.0. The van der Waals surface area contributed by atoms with Crippen LogP contribution in [0.2, 0.25) is 0 Å². The first-order valence-corrected chi connectivity index (χ1v) is 8.89. The molecule has 2 aromatic carbocycles. The molecule has 0 N–H and O–H groups in total. The zero-order valence-electron chi connectivity index (χ0n) is 14.0. The maximum absolute atomic E-state index is 6.50. The number of hydrogen-bond donors (Lipinski definition) is 0. The van der Waals surface area contributed by atoms with E-state index < -0.39 is 0 Å². The van der Waals surface area contributed by atoms with Crippen LogP contribution in [-0.4, -0.2) is 7.05 Å². The van der Waals surface area contributed by atoms with Crippen LogP contribution in [0.1, 0.15) is 25.7 Å². The number of rotatable bonds is 1. The first-order valence-electron chi connectivity index (χ1n) is 8.89. The number of fused-ring (bicyclic) bond motifs is 5. The summed E-state index contributed by atoms with van der Waals surface area (Å²) in [7, 11) is 2.11. The van der Waals surface area contributed by atoms with E-state index in [9.17, 15) is 0 Å². The standard InChI is InChI=1S/C22H21NO/c1-23-14-6-10-18-19(23)13-12-17-16-9-4-5-11-20(16)24-22(21(17)18)15-7-2-3-8-15/h4-6,9-15H,2-3,7-8H2,1H3. The zero-order chi connectivity index (χ0) is 16.1. The molecule has 0 unspecified atom stereocenters. The summed E-state index contributed by atoms with van der Waals surface area (Å²) in [6, 6.07) is 13.0. The number of anilines is 1. The summed E-state index contributed by atoms with van der Waals surface area (Å²) >= 11 is 0. The maximum Gasteiger partial charge on any atom is 0.134 e. The Bertz CT molecular complexity index is 964. The van der Waals surface area contributed by atoms with Gasteiger partial charge in [0.05, 0.1) is 0 Å². The van der Waals surface area contributed by atoms with Crippen molar-refractivity contribution in [2.45, 2.75) is 25.7 Å². The molecule has 2 aliphatic heterocycles. The van der Waals surface area contributed by atoms with Crippen LogP contribution in [0.15, 0.2) is 48.7 Å². The van der Waals surface area contributed by atoms with Crippen LogP contribution >= 0.6 is 0 Å². The normalized spacial score (nSPS) is 18.5. The van der Waals surface area contributed by atoms with Crippen molar-refractivity contribution in [2.75, 3.05) is 11.9 Å². The number of nitrogens with zero attached hydrogens (tertiary/aromatic N) is 1. The van der Waals surface area contributed by atoms with Crippen LogP contribution in [0.5, 0.6) is 5.75 Å². The molecule has 0 amide bonds. The van der Waals surface area contributed by atoms with Crippen LogP contribution in [0.25, 0.3) is 23.0 Å². The van der Waals surface area contributed by atoms with Crippen molar-refractivity contribution in [2.24, 2.45) is 5.92 Å². The molecule has 2 nitrogen and oxygen atoms in total. The second kappa shape index (κ2) is 5.27. The van der Waals surface area contributed by atoms with Gasteiger partial charge in [0.2, 0.25) is 0 Å². The van der Waals surface area contributed by atoms with Gasteiger partial charge in [0, 0.05) is 40.9 Å². The summed E-state index contributed by atoms with van der Waals surface area (Å²) in [6.07, 6.45) is 11.6. The predicted molar refractivity (Wildman–Crippen MR) is 99.1 cm³/mol. The highest BCUT2D eigenvalue weighted by Crippen LogP contribution is 2.39. The maximum atomic E-state index is 6.50. The Balaban J connectivity index is 1.90. The second-order valence-corrected chi connectivity index (χ2v) is 6.98. The monoisotopic (exact) mass is 315 g/mol. The molecule has 1 aliphatic carbocycles. The van der Waals surface area contributed by atoms with Crippen LogP contribution in [-0.2, 0) is 0 Å². The molecule has 5 rings (SSSR count). The summed E-state index contributed by atoms with van der Waals surface area (Å²) < 4.78 is 6.50. The first kappa shape index (κ1) is 13.9. The van der Waals surface area contributed by atoms with Gasteiger partial charge in [-0.15, -0.1) is 0 Å². The number of hydrogen-bond acceptors (Lipinski definition) is 2. The summed E-state index contributed by atoms with van der Waals surface area (Å²) in [5.41, 5.74) is 3.79. The Labute approximate surface area is 142 Å². The van der Waals surface area contributed by atoms with E-state index >= 15 is 0 Å². The summed E-state index contributed by atoms with van der Waals surface area (Å²) in [4.78, 5) is 2.20. The molecule has 0 radical (unpaired) electrons. The van der Waals surface area contributed by atoms with Crippen molar-refractivity contribution in [3.05, 3.63) is 59.1 Å². The molecule has 3 aliphatic rings. The van der Waals surface area contributed by atoms with Gasteiger partial charge in [-0.25, -0.2) is 0 Å². The third-order valence-electron chi connectivity index (χ3n) is 5.54. The molecule has 0 atom stereocenters. The van der Waals surface area contributed by atoms with Crippen molar-refractivity contribution >= 4 is 17.5 Å². The van der Waals surface area contributed by atoms with E-state index in [2.05, 4.69) is 66.7 Å². The van der Waals surface area contributed by atoms with Gasteiger partial charge in [-0.1, -0.05) is 43.2 Å². The fraction of sp³-hybridized carbons (Fsp3) is 0.273. The third kappa shape index (κ3) is 1.96. The predicted octanol–water partition coefficient (Wildman–Crippen LogP) is 3.79. The second-order valence-electron chi connectivity index (χ2n) is 6.98. The van der Waals surface area contributed by atoms with Gasteiger partial charge in [0.1, 0.15) is 11.5 Å². The average molecular weight is 315 g/mol. The third-order valence-corrected chi connectivity index (χ3v) is 5.54. The summed E-state index contributed by atoms with van der Waals surface area (Å²) in [5.74, 6) is 2.75. The molecule has 2 aromatic rings. The molecule has 0 saturated heterocycles. The molecule has 1 saturated carbocycles. The molecular weight excluding hydrogens is 294 g/mol. The summed E-state index contributed by atoms with van der Waals surface area (Å²) in [6.45, 7) is 0. The minimum atomic E-state index is 0.549. The van der Waals surface area contributed by atoms with Gasteiger partial charge in [-0.2, -0.15) is 0 Å². The molecule has 2 heterocycles. The van der Waals surface area contributed by atoms with Crippen LogP contribution in [0, 0.1) is 5.92 Å². The van der Waals surface area contributed by atoms with Crippen molar-refractivity contribution in [1.29, 1.82) is 0 Å². The van der Waals surface area contributed by atoms with E-state index in [0.717, 1.165) is 5.75 Å². The lowest BCUT2D eigenvalue weighted by atomic mass is 9.92. The largest absolute Gasteiger partial charge is 0.460 e. The molecule has 0 aromatic heterocycles. The molecule has 24 heavy (non-hydrogen) atoms. The molecule has 0 bridgehead atoms. The van der Waals surface area contributed by atoms with Gasteiger partial charge in [0.25, 0.3) is 0 Å². The SMILES string of the molecule is CN1C=CC=c2c1ccc1c2=C(C2CCCC2)Oc2ccccc2-1. The number of ether oxygens (including phenoxy) is 1. The Hall–Kier alpha value is -2.48. The van der Waals surface area contributed by atoms with Crippen LogP contribution < -0.4 is 20.1 Å². The highest BCUT2D eigenvalue weighted by atomic mass is 16.5. The van der Waals surface area contributed by atoms with E-state index in [1.807, 2.05) is 0 Å². The van der Waals surface area contributed by atoms with Gasteiger partial charge < -0.3 is 9.64 Å². The smallest absolute Gasteiger partial charge is 0.134 e. The Morgan fingerprint density at radius 1 is 1.00 bits per heavy atom. The molecule has 1 fully saturated rings. The Morgan fingerprint density at radius 3 is 2.71 bits per heavy atom. The highest BCUT2D eigenvalue weighted by Gasteiger charge is 2.28. The fourth-order valence-electron chi connectivity index (χ4n) is 4.35. The fourth-order valence-corrected chi connectivity index (χ4v) is 4.35. The van der Waals surface area contributed by atoms with E-state index in [-0.39, 0.29) is 0 Å².